The van der Waals surface area contributed by atoms with Crippen molar-refractivity contribution in [3.05, 3.63) is 35.4 Å². The largest absolute Gasteiger partial charge is 0.338 e. The van der Waals surface area contributed by atoms with Crippen molar-refractivity contribution in [1.82, 2.24) is 4.90 Å². The van der Waals surface area contributed by atoms with Crippen molar-refractivity contribution < 1.29 is 13.6 Å². The fourth-order valence-electron chi connectivity index (χ4n) is 2.75. The average Bonchev–Trinajstić information content (AvgIpc) is 3.03. The summed E-state index contributed by atoms with van der Waals surface area (Å²) < 4.78 is 25.7. The van der Waals surface area contributed by atoms with E-state index in [2.05, 4.69) is 0 Å². The molecule has 19 heavy (non-hydrogen) atoms. The van der Waals surface area contributed by atoms with Gasteiger partial charge in [-0.3, -0.25) is 4.79 Å². The zero-order valence-corrected chi connectivity index (χ0v) is 10.7. The summed E-state index contributed by atoms with van der Waals surface area (Å²) in [4.78, 5) is 13.8. The van der Waals surface area contributed by atoms with Gasteiger partial charge in [0.25, 0.3) is 5.92 Å². The molecule has 2 nitrogen and oxygen atoms in total. The smallest absolute Gasteiger partial charge is 0.251 e. The zero-order chi connectivity index (χ0) is 13.5. The predicted octanol–water partition coefficient (Wildman–Crippen LogP) is 3.01. The molecule has 1 aromatic rings. The van der Waals surface area contributed by atoms with Crippen LogP contribution in [0.2, 0.25) is 0 Å². The summed E-state index contributed by atoms with van der Waals surface area (Å²) in [6.07, 6.45) is 1.65. The second-order valence-corrected chi connectivity index (χ2v) is 5.53. The van der Waals surface area contributed by atoms with Crippen molar-refractivity contribution >= 4 is 5.91 Å². The molecule has 0 bridgehead atoms. The second kappa shape index (κ2) is 4.58. The van der Waals surface area contributed by atoms with Gasteiger partial charge in [-0.05, 0) is 24.0 Å². The molecule has 3 rings (SSSR count). The molecular weight excluding hydrogens is 248 g/mol. The van der Waals surface area contributed by atoms with Gasteiger partial charge in [0.2, 0.25) is 5.91 Å². The van der Waals surface area contributed by atoms with Crippen LogP contribution in [0.1, 0.15) is 30.4 Å². The van der Waals surface area contributed by atoms with Crippen LogP contribution in [-0.2, 0) is 17.8 Å². The standard InChI is InChI=1S/C15H17F2NO/c16-15(17)9-13(15)7-8-18-10-12-4-2-1-3-11(12)5-6-14(18)19/h1-4,13H,5-10H2. The van der Waals surface area contributed by atoms with Crippen LogP contribution in [0.4, 0.5) is 8.78 Å². The molecule has 2 aliphatic rings. The fourth-order valence-corrected chi connectivity index (χ4v) is 2.75. The number of alkyl halides is 2. The highest BCUT2D eigenvalue weighted by atomic mass is 19.3. The molecule has 0 N–H and O–H groups in total. The van der Waals surface area contributed by atoms with Gasteiger partial charge in [0.1, 0.15) is 0 Å². The maximum atomic E-state index is 12.9. The number of benzene rings is 1. The normalized spacial score (nSPS) is 24.8. The topological polar surface area (TPSA) is 20.3 Å². The van der Waals surface area contributed by atoms with Crippen molar-refractivity contribution in [2.75, 3.05) is 6.54 Å². The molecule has 1 heterocycles. The summed E-state index contributed by atoms with van der Waals surface area (Å²) in [5, 5.41) is 0. The molecule has 1 aliphatic heterocycles. The molecule has 1 aliphatic carbocycles. The summed E-state index contributed by atoms with van der Waals surface area (Å²) in [6, 6.07) is 8.00. The summed E-state index contributed by atoms with van der Waals surface area (Å²) in [5.74, 6) is -2.91. The van der Waals surface area contributed by atoms with E-state index < -0.39 is 11.8 Å². The number of halogens is 2. The van der Waals surface area contributed by atoms with Gasteiger partial charge < -0.3 is 4.90 Å². The Hall–Kier alpha value is -1.45. The molecular formula is C15H17F2NO. The van der Waals surface area contributed by atoms with E-state index in [1.54, 1.807) is 4.90 Å². The lowest BCUT2D eigenvalue weighted by Gasteiger charge is -2.21. The Labute approximate surface area is 111 Å². The Morgan fingerprint density at radius 2 is 1.89 bits per heavy atom. The number of hydrogen-bond acceptors (Lipinski definition) is 1. The molecule has 0 saturated heterocycles. The number of amides is 1. The molecule has 0 radical (unpaired) electrons. The van der Waals surface area contributed by atoms with Crippen molar-refractivity contribution in [3.8, 4) is 0 Å². The molecule has 102 valence electrons. The number of carbonyl (C=O) groups is 1. The Morgan fingerprint density at radius 3 is 2.58 bits per heavy atom. The fraction of sp³-hybridized carbons (Fsp3) is 0.533. The highest BCUT2D eigenvalue weighted by molar-refractivity contribution is 5.77. The minimum atomic E-state index is -2.48. The van der Waals surface area contributed by atoms with Crippen LogP contribution < -0.4 is 0 Å². The summed E-state index contributed by atoms with van der Waals surface area (Å²) in [6.45, 7) is 1.01. The quantitative estimate of drug-likeness (QED) is 0.822. The third-order valence-corrected chi connectivity index (χ3v) is 4.14. The van der Waals surface area contributed by atoms with Gasteiger partial charge in [-0.15, -0.1) is 0 Å². The lowest BCUT2D eigenvalue weighted by molar-refractivity contribution is -0.131. The molecule has 4 heteroatoms. The van der Waals surface area contributed by atoms with E-state index in [0.29, 0.717) is 25.9 Å². The van der Waals surface area contributed by atoms with Gasteiger partial charge >= 0.3 is 0 Å². The lowest BCUT2D eigenvalue weighted by Crippen LogP contribution is -2.30. The van der Waals surface area contributed by atoms with Crippen LogP contribution in [-0.4, -0.2) is 23.3 Å². The molecule has 1 saturated carbocycles. The molecule has 0 spiro atoms. The number of fused-ring (bicyclic) bond motifs is 1. The third kappa shape index (κ3) is 2.62. The van der Waals surface area contributed by atoms with Crippen LogP contribution in [0.15, 0.2) is 24.3 Å². The minimum Gasteiger partial charge on any atom is -0.338 e. The molecule has 1 unspecified atom stereocenters. The van der Waals surface area contributed by atoms with Crippen molar-refractivity contribution in [2.45, 2.75) is 38.2 Å². The summed E-state index contributed by atoms with van der Waals surface area (Å²) >= 11 is 0. The predicted molar refractivity (Wildman–Crippen MR) is 67.9 cm³/mol. The Bertz CT molecular complexity index is 501. The van der Waals surface area contributed by atoms with E-state index in [4.69, 9.17) is 0 Å². The molecule has 1 atom stereocenters. The first-order chi connectivity index (χ1) is 9.06. The first-order valence-electron chi connectivity index (χ1n) is 6.78. The number of aryl methyl sites for hydroxylation is 1. The van der Waals surface area contributed by atoms with Crippen LogP contribution in [0.5, 0.6) is 0 Å². The van der Waals surface area contributed by atoms with E-state index in [0.717, 1.165) is 12.0 Å². The van der Waals surface area contributed by atoms with Gasteiger partial charge in [-0.2, -0.15) is 0 Å². The van der Waals surface area contributed by atoms with Crippen LogP contribution in [0, 0.1) is 5.92 Å². The van der Waals surface area contributed by atoms with E-state index >= 15 is 0 Å². The van der Waals surface area contributed by atoms with E-state index in [1.165, 1.54) is 5.56 Å². The van der Waals surface area contributed by atoms with Gasteiger partial charge in [-0.1, -0.05) is 24.3 Å². The third-order valence-electron chi connectivity index (χ3n) is 4.14. The SMILES string of the molecule is O=C1CCc2ccccc2CN1CCC1CC1(F)F. The van der Waals surface area contributed by atoms with Gasteiger partial charge in [-0.25, -0.2) is 8.78 Å². The Balaban J connectivity index is 1.66. The van der Waals surface area contributed by atoms with Crippen LogP contribution in [0.25, 0.3) is 0 Å². The maximum absolute atomic E-state index is 12.9. The molecule has 0 aromatic heterocycles. The second-order valence-electron chi connectivity index (χ2n) is 5.53. The molecule has 1 aromatic carbocycles. The van der Waals surface area contributed by atoms with Gasteiger partial charge in [0.15, 0.2) is 0 Å². The number of nitrogens with zero attached hydrogens (tertiary/aromatic N) is 1. The first kappa shape index (κ1) is 12.6. The van der Waals surface area contributed by atoms with Crippen molar-refractivity contribution in [1.29, 1.82) is 0 Å². The zero-order valence-electron chi connectivity index (χ0n) is 10.7. The van der Waals surface area contributed by atoms with Crippen molar-refractivity contribution in [2.24, 2.45) is 5.92 Å². The highest BCUT2D eigenvalue weighted by Gasteiger charge is 2.56. The van der Waals surface area contributed by atoms with Gasteiger partial charge in [0.05, 0.1) is 0 Å². The van der Waals surface area contributed by atoms with Crippen LogP contribution >= 0.6 is 0 Å². The monoisotopic (exact) mass is 265 g/mol. The van der Waals surface area contributed by atoms with Crippen LogP contribution in [0.3, 0.4) is 0 Å². The minimum absolute atomic E-state index is 0.00832. The number of carbonyl (C=O) groups excluding carboxylic acids is 1. The number of rotatable bonds is 3. The highest BCUT2D eigenvalue weighted by Crippen LogP contribution is 2.50. The maximum Gasteiger partial charge on any atom is 0.251 e. The van der Waals surface area contributed by atoms with E-state index in [-0.39, 0.29) is 12.3 Å². The Morgan fingerprint density at radius 1 is 1.21 bits per heavy atom. The van der Waals surface area contributed by atoms with E-state index in [9.17, 15) is 13.6 Å². The summed E-state index contributed by atoms with van der Waals surface area (Å²) in [5.41, 5.74) is 2.35. The average molecular weight is 265 g/mol. The van der Waals surface area contributed by atoms with Crippen molar-refractivity contribution in [3.63, 3.8) is 0 Å². The van der Waals surface area contributed by atoms with Gasteiger partial charge in [0, 0.05) is 31.8 Å². The molecule has 1 amide bonds. The molecule has 1 fully saturated rings. The lowest BCUT2D eigenvalue weighted by atomic mass is 10.0. The number of hydrogen-bond donors (Lipinski definition) is 0. The Kier molecular flexibility index (Phi) is 3.03. The first-order valence-corrected chi connectivity index (χ1v) is 6.78. The summed E-state index contributed by atoms with van der Waals surface area (Å²) in [7, 11) is 0. The van der Waals surface area contributed by atoms with E-state index in [1.807, 2.05) is 24.3 Å².